The molecule has 0 aliphatic carbocycles. The van der Waals surface area contributed by atoms with E-state index in [0.717, 1.165) is 34.3 Å². The number of hydrogen-bond donors (Lipinski definition) is 1. The Labute approximate surface area is 221 Å². The van der Waals surface area contributed by atoms with Gasteiger partial charge in [0.2, 0.25) is 0 Å². The number of anilines is 1. The average Bonchev–Trinajstić information content (AvgIpc) is 3.67. The highest BCUT2D eigenvalue weighted by atomic mass is 32.1. The molecule has 0 spiro atoms. The van der Waals surface area contributed by atoms with Crippen LogP contribution in [0.5, 0.6) is 11.5 Å². The number of nitrogens with one attached hydrogen (secondary N) is 1. The Balaban J connectivity index is 1.35. The number of nitrogens with zero attached hydrogens (tertiary/aromatic N) is 3. The maximum Gasteiger partial charge on any atom is 0.174 e. The third-order valence-electron chi connectivity index (χ3n) is 6.54. The molecule has 1 N–H and O–H groups in total. The summed E-state index contributed by atoms with van der Waals surface area (Å²) in [7, 11) is 0. The summed E-state index contributed by atoms with van der Waals surface area (Å²) in [5, 5.41) is 4.18. The number of furan rings is 1. The summed E-state index contributed by atoms with van der Waals surface area (Å²) in [6.07, 6.45) is 5.60. The van der Waals surface area contributed by atoms with E-state index in [-0.39, 0.29) is 12.1 Å². The molecule has 0 amide bonds. The quantitative estimate of drug-likeness (QED) is 0.245. The Morgan fingerprint density at radius 3 is 2.41 bits per heavy atom. The van der Waals surface area contributed by atoms with Crippen molar-refractivity contribution in [3.63, 3.8) is 0 Å². The Morgan fingerprint density at radius 2 is 1.70 bits per heavy atom. The van der Waals surface area contributed by atoms with E-state index in [9.17, 15) is 0 Å². The van der Waals surface area contributed by atoms with Crippen LogP contribution in [0, 0.1) is 6.92 Å². The third-order valence-corrected chi connectivity index (χ3v) is 6.86. The fourth-order valence-corrected chi connectivity index (χ4v) is 5.11. The van der Waals surface area contributed by atoms with Crippen LogP contribution < -0.4 is 15.0 Å². The molecular weight excluding hydrogens is 480 g/mol. The van der Waals surface area contributed by atoms with Gasteiger partial charge in [-0.3, -0.25) is 4.98 Å². The molecule has 4 heterocycles. The van der Waals surface area contributed by atoms with Crippen LogP contribution in [0.25, 0.3) is 0 Å². The van der Waals surface area contributed by atoms with Crippen LogP contribution in [0.15, 0.2) is 114 Å². The maximum absolute atomic E-state index is 6.05. The molecule has 0 saturated carbocycles. The highest BCUT2D eigenvalue weighted by Crippen LogP contribution is 2.42. The molecule has 7 heteroatoms. The van der Waals surface area contributed by atoms with Gasteiger partial charge < -0.3 is 23.9 Å². The summed E-state index contributed by atoms with van der Waals surface area (Å²) in [6.45, 7) is 2.69. The summed E-state index contributed by atoms with van der Waals surface area (Å²) < 4.78 is 13.9. The monoisotopic (exact) mass is 506 g/mol. The highest BCUT2D eigenvalue weighted by molar-refractivity contribution is 7.80. The molecular formula is C30H26N4O2S. The Bertz CT molecular complexity index is 1480. The number of aromatic nitrogens is 2. The zero-order valence-corrected chi connectivity index (χ0v) is 21.1. The summed E-state index contributed by atoms with van der Waals surface area (Å²) in [5.74, 6) is 2.47. The molecule has 3 aromatic heterocycles. The first-order valence-corrected chi connectivity index (χ1v) is 12.6. The van der Waals surface area contributed by atoms with E-state index in [1.54, 1.807) is 6.26 Å². The molecule has 1 aliphatic heterocycles. The van der Waals surface area contributed by atoms with Crippen LogP contribution in [0.4, 0.5) is 5.69 Å². The van der Waals surface area contributed by atoms with Gasteiger partial charge in [-0.25, -0.2) is 0 Å². The Morgan fingerprint density at radius 1 is 0.919 bits per heavy atom. The fraction of sp³-hybridized carbons (Fsp3) is 0.133. The molecule has 6 nitrogen and oxygen atoms in total. The lowest BCUT2D eigenvalue weighted by atomic mass is 10.0. The molecule has 0 radical (unpaired) electrons. The molecule has 6 rings (SSSR count). The lowest BCUT2D eigenvalue weighted by molar-refractivity contribution is 0.475. The molecule has 184 valence electrons. The standard InChI is InChI=1S/C30H26N4O2S/c1-21-9-13-23(14-10-21)36-24-15-11-22(12-16-24)34-29(28(32-30(34)37)26-7-2-3-17-31-26)27-8-4-18-33(27)20-25-6-5-19-35-25/h2-19,28-29H,20H2,1H3,(H,32,37). The van der Waals surface area contributed by atoms with Crippen molar-refractivity contribution >= 4 is 23.0 Å². The molecule has 0 bridgehead atoms. The highest BCUT2D eigenvalue weighted by Gasteiger charge is 2.42. The van der Waals surface area contributed by atoms with Crippen molar-refractivity contribution in [2.45, 2.75) is 25.6 Å². The van der Waals surface area contributed by atoms with Crippen molar-refractivity contribution < 1.29 is 9.15 Å². The lowest BCUT2D eigenvalue weighted by Gasteiger charge is -2.29. The van der Waals surface area contributed by atoms with Crippen molar-refractivity contribution in [3.05, 3.63) is 132 Å². The van der Waals surface area contributed by atoms with Crippen molar-refractivity contribution in [1.29, 1.82) is 0 Å². The predicted octanol–water partition coefficient (Wildman–Crippen LogP) is 6.80. The molecule has 1 aliphatic rings. The van der Waals surface area contributed by atoms with Crippen LogP contribution in [0.1, 0.15) is 34.8 Å². The molecule has 1 saturated heterocycles. The van der Waals surface area contributed by atoms with Crippen LogP contribution in [-0.4, -0.2) is 14.7 Å². The normalized spacial score (nSPS) is 17.1. The smallest absolute Gasteiger partial charge is 0.174 e. The van der Waals surface area contributed by atoms with Crippen LogP contribution >= 0.6 is 12.2 Å². The number of aryl methyl sites for hydroxylation is 1. The fourth-order valence-electron chi connectivity index (χ4n) is 4.76. The van der Waals surface area contributed by atoms with Gasteiger partial charge in [0.25, 0.3) is 0 Å². The van der Waals surface area contributed by atoms with Crippen LogP contribution in [0.3, 0.4) is 0 Å². The second-order valence-corrected chi connectivity index (χ2v) is 9.43. The first-order valence-electron chi connectivity index (χ1n) is 12.2. The molecule has 2 unspecified atom stereocenters. The first-order chi connectivity index (χ1) is 18.2. The summed E-state index contributed by atoms with van der Waals surface area (Å²) in [4.78, 5) is 6.82. The molecule has 2 aromatic carbocycles. The van der Waals surface area contributed by atoms with Gasteiger partial charge in [-0.05, 0) is 91.9 Å². The van der Waals surface area contributed by atoms with Gasteiger partial charge in [-0.15, -0.1) is 0 Å². The molecule has 5 aromatic rings. The number of pyridine rings is 1. The molecule has 37 heavy (non-hydrogen) atoms. The lowest BCUT2D eigenvalue weighted by Crippen LogP contribution is -2.30. The second-order valence-electron chi connectivity index (χ2n) is 9.05. The van der Waals surface area contributed by atoms with Gasteiger partial charge in [0, 0.05) is 23.8 Å². The van der Waals surface area contributed by atoms with E-state index < -0.39 is 0 Å². The van der Waals surface area contributed by atoms with Gasteiger partial charge >= 0.3 is 0 Å². The maximum atomic E-state index is 6.05. The van der Waals surface area contributed by atoms with E-state index in [1.807, 2.05) is 85.1 Å². The summed E-state index contributed by atoms with van der Waals surface area (Å²) in [5.41, 5.74) is 4.22. The first kappa shape index (κ1) is 23.1. The minimum atomic E-state index is -0.123. The summed E-state index contributed by atoms with van der Waals surface area (Å²) in [6, 6.07) is 29.9. The summed E-state index contributed by atoms with van der Waals surface area (Å²) >= 11 is 5.89. The van der Waals surface area contributed by atoms with E-state index >= 15 is 0 Å². The Kier molecular flexibility index (Phi) is 6.20. The SMILES string of the molecule is Cc1ccc(Oc2ccc(N3C(=S)NC(c4ccccn4)C3c3cccn3Cc3ccco3)cc2)cc1. The average molecular weight is 507 g/mol. The minimum Gasteiger partial charge on any atom is -0.467 e. The largest absolute Gasteiger partial charge is 0.467 e. The van der Waals surface area contributed by atoms with Gasteiger partial charge in [-0.2, -0.15) is 0 Å². The number of ether oxygens (including phenoxy) is 1. The van der Waals surface area contributed by atoms with Gasteiger partial charge in [-0.1, -0.05) is 23.8 Å². The van der Waals surface area contributed by atoms with Crippen molar-refractivity contribution in [3.8, 4) is 11.5 Å². The minimum absolute atomic E-state index is 0.115. The van der Waals surface area contributed by atoms with Crippen molar-refractivity contribution in [2.75, 3.05) is 4.90 Å². The Hall–Kier alpha value is -4.36. The van der Waals surface area contributed by atoms with Crippen LogP contribution in [0.2, 0.25) is 0 Å². The van der Waals surface area contributed by atoms with Crippen LogP contribution in [-0.2, 0) is 6.54 Å². The predicted molar refractivity (Wildman–Crippen MR) is 148 cm³/mol. The zero-order chi connectivity index (χ0) is 25.2. The number of rotatable bonds is 7. The van der Waals surface area contributed by atoms with Crippen molar-refractivity contribution in [2.24, 2.45) is 0 Å². The zero-order valence-electron chi connectivity index (χ0n) is 20.3. The van der Waals surface area contributed by atoms with E-state index in [1.165, 1.54) is 5.56 Å². The van der Waals surface area contributed by atoms with E-state index in [2.05, 4.69) is 45.0 Å². The van der Waals surface area contributed by atoms with Gasteiger partial charge in [0.1, 0.15) is 23.3 Å². The number of benzene rings is 2. The topological polar surface area (TPSA) is 55.5 Å². The molecule has 1 fully saturated rings. The molecule has 2 atom stereocenters. The number of hydrogen-bond acceptors (Lipinski definition) is 4. The van der Waals surface area contributed by atoms with E-state index in [0.29, 0.717) is 11.7 Å². The van der Waals surface area contributed by atoms with Gasteiger partial charge in [0.15, 0.2) is 5.11 Å². The van der Waals surface area contributed by atoms with Gasteiger partial charge in [0.05, 0.1) is 24.5 Å². The third kappa shape index (κ3) is 4.73. The second kappa shape index (κ2) is 9.95. The van der Waals surface area contributed by atoms with Crippen molar-refractivity contribution in [1.82, 2.24) is 14.9 Å². The van der Waals surface area contributed by atoms with E-state index in [4.69, 9.17) is 21.4 Å². The number of thiocarbonyl (C=S) groups is 1.